The fourth-order valence-corrected chi connectivity index (χ4v) is 1.65. The van der Waals surface area contributed by atoms with Crippen molar-refractivity contribution in [2.75, 3.05) is 0 Å². The number of para-hydroxylation sites is 1. The van der Waals surface area contributed by atoms with Crippen molar-refractivity contribution in [2.45, 2.75) is 20.0 Å². The van der Waals surface area contributed by atoms with E-state index in [2.05, 4.69) is 4.98 Å². The molecule has 0 aliphatic rings. The number of pyridine rings is 1. The minimum absolute atomic E-state index is 0.521. The van der Waals surface area contributed by atoms with Gasteiger partial charge in [-0.15, -0.1) is 0 Å². The summed E-state index contributed by atoms with van der Waals surface area (Å²) in [5.74, 6) is -0.0769. The predicted molar refractivity (Wildman–Crippen MR) is 66.5 cm³/mol. The van der Waals surface area contributed by atoms with E-state index in [1.165, 1.54) is 0 Å². The lowest BCUT2D eigenvalue weighted by Gasteiger charge is -2.14. The predicted octanol–water partition coefficient (Wildman–Crippen LogP) is 1.82. The molecule has 0 aliphatic heterocycles. The van der Waals surface area contributed by atoms with Gasteiger partial charge in [-0.05, 0) is 26.0 Å². The number of amides is 1. The zero-order chi connectivity index (χ0) is 13.1. The summed E-state index contributed by atoms with van der Waals surface area (Å²) < 4.78 is 5.50. The molecule has 0 saturated heterocycles. The first-order chi connectivity index (χ1) is 8.61. The number of nitrogens with zero attached hydrogens (tertiary/aromatic N) is 1. The van der Waals surface area contributed by atoms with Crippen LogP contribution in [0.2, 0.25) is 0 Å². The van der Waals surface area contributed by atoms with Crippen molar-refractivity contribution in [1.82, 2.24) is 10.5 Å². The SMILES string of the molecule is Cc1ccc2cccc(OC(C)C(=O)NO)c2n1. The molecule has 5 heteroatoms. The summed E-state index contributed by atoms with van der Waals surface area (Å²) in [5, 5.41) is 9.48. The third-order valence-corrected chi connectivity index (χ3v) is 2.61. The second kappa shape index (κ2) is 5.01. The van der Waals surface area contributed by atoms with Gasteiger partial charge in [-0.2, -0.15) is 0 Å². The van der Waals surface area contributed by atoms with Crippen LogP contribution in [-0.4, -0.2) is 22.2 Å². The highest BCUT2D eigenvalue weighted by atomic mass is 16.5. The molecule has 1 aromatic carbocycles. The van der Waals surface area contributed by atoms with Crippen molar-refractivity contribution in [3.8, 4) is 5.75 Å². The molecule has 1 unspecified atom stereocenters. The van der Waals surface area contributed by atoms with Gasteiger partial charge in [0, 0.05) is 11.1 Å². The van der Waals surface area contributed by atoms with Gasteiger partial charge in [0.25, 0.3) is 5.91 Å². The van der Waals surface area contributed by atoms with Crippen LogP contribution >= 0.6 is 0 Å². The highest BCUT2D eigenvalue weighted by molar-refractivity contribution is 5.85. The summed E-state index contributed by atoms with van der Waals surface area (Å²) in [6.45, 7) is 3.44. The van der Waals surface area contributed by atoms with Crippen LogP contribution in [0.4, 0.5) is 0 Å². The fourth-order valence-electron chi connectivity index (χ4n) is 1.65. The maximum absolute atomic E-state index is 11.2. The topological polar surface area (TPSA) is 71.5 Å². The van der Waals surface area contributed by atoms with Gasteiger partial charge in [-0.1, -0.05) is 18.2 Å². The van der Waals surface area contributed by atoms with Crippen LogP contribution in [0.5, 0.6) is 5.75 Å². The first-order valence-electron chi connectivity index (χ1n) is 5.59. The molecule has 0 aliphatic carbocycles. The van der Waals surface area contributed by atoms with Crippen LogP contribution in [0.25, 0.3) is 10.9 Å². The molecule has 2 aromatic rings. The van der Waals surface area contributed by atoms with Gasteiger partial charge < -0.3 is 4.74 Å². The van der Waals surface area contributed by atoms with E-state index in [9.17, 15) is 4.79 Å². The molecule has 1 aromatic heterocycles. The average Bonchev–Trinajstić information content (AvgIpc) is 2.38. The number of hydroxylamine groups is 1. The number of ether oxygens (including phenoxy) is 1. The Morgan fingerprint density at radius 1 is 1.39 bits per heavy atom. The van der Waals surface area contributed by atoms with Gasteiger partial charge in [0.1, 0.15) is 11.3 Å². The van der Waals surface area contributed by atoms with E-state index in [4.69, 9.17) is 9.94 Å². The summed E-state index contributed by atoms with van der Waals surface area (Å²) in [5.41, 5.74) is 3.14. The number of fused-ring (bicyclic) bond motifs is 1. The lowest BCUT2D eigenvalue weighted by Crippen LogP contribution is -2.34. The maximum Gasteiger partial charge on any atom is 0.284 e. The quantitative estimate of drug-likeness (QED) is 0.640. The Hall–Kier alpha value is -2.14. The Morgan fingerprint density at radius 2 is 2.17 bits per heavy atom. The monoisotopic (exact) mass is 246 g/mol. The average molecular weight is 246 g/mol. The smallest absolute Gasteiger partial charge is 0.284 e. The minimum atomic E-state index is -0.789. The molecule has 18 heavy (non-hydrogen) atoms. The molecule has 94 valence electrons. The maximum atomic E-state index is 11.2. The van der Waals surface area contributed by atoms with E-state index in [0.29, 0.717) is 11.3 Å². The standard InChI is InChI=1S/C13H14N2O3/c1-8-6-7-10-4-3-5-11(12(10)14-8)18-9(2)13(16)15-17/h3-7,9,17H,1-2H3,(H,15,16). The molecule has 0 spiro atoms. The zero-order valence-electron chi connectivity index (χ0n) is 10.2. The fraction of sp³-hybridized carbons (Fsp3) is 0.231. The number of carbonyl (C=O) groups is 1. The van der Waals surface area contributed by atoms with Crippen molar-refractivity contribution in [2.24, 2.45) is 0 Å². The number of aromatic nitrogens is 1. The van der Waals surface area contributed by atoms with Gasteiger partial charge in [0.15, 0.2) is 6.10 Å². The molecule has 0 radical (unpaired) electrons. The molecule has 1 heterocycles. The molecule has 2 rings (SSSR count). The van der Waals surface area contributed by atoms with E-state index in [1.54, 1.807) is 18.5 Å². The number of rotatable bonds is 3. The number of carbonyl (C=O) groups excluding carboxylic acids is 1. The molecular weight excluding hydrogens is 232 g/mol. The van der Waals surface area contributed by atoms with E-state index in [0.717, 1.165) is 11.1 Å². The lowest BCUT2D eigenvalue weighted by molar-refractivity contribution is -0.135. The van der Waals surface area contributed by atoms with Crippen LogP contribution in [-0.2, 0) is 4.79 Å². The number of nitrogens with one attached hydrogen (secondary N) is 1. The van der Waals surface area contributed by atoms with Crippen LogP contribution < -0.4 is 10.2 Å². The minimum Gasteiger partial charge on any atom is -0.479 e. The highest BCUT2D eigenvalue weighted by Crippen LogP contribution is 2.24. The van der Waals surface area contributed by atoms with Crippen molar-refractivity contribution in [1.29, 1.82) is 0 Å². The number of aryl methyl sites for hydroxylation is 1. The van der Waals surface area contributed by atoms with Crippen molar-refractivity contribution in [3.63, 3.8) is 0 Å². The normalized spacial score (nSPS) is 12.2. The van der Waals surface area contributed by atoms with E-state index in [1.807, 2.05) is 31.2 Å². The van der Waals surface area contributed by atoms with Crippen LogP contribution in [0.3, 0.4) is 0 Å². The van der Waals surface area contributed by atoms with Crippen LogP contribution in [0.1, 0.15) is 12.6 Å². The first kappa shape index (κ1) is 12.3. The third kappa shape index (κ3) is 2.41. The first-order valence-corrected chi connectivity index (χ1v) is 5.59. The number of benzene rings is 1. The number of hydrogen-bond acceptors (Lipinski definition) is 4. The third-order valence-electron chi connectivity index (χ3n) is 2.61. The van der Waals surface area contributed by atoms with E-state index >= 15 is 0 Å². The number of hydrogen-bond donors (Lipinski definition) is 2. The zero-order valence-corrected chi connectivity index (χ0v) is 10.2. The summed E-state index contributed by atoms with van der Waals surface area (Å²) in [6, 6.07) is 9.36. The van der Waals surface area contributed by atoms with Gasteiger partial charge in [0.2, 0.25) is 0 Å². The van der Waals surface area contributed by atoms with Crippen molar-refractivity contribution >= 4 is 16.8 Å². The molecule has 5 nitrogen and oxygen atoms in total. The Balaban J connectivity index is 2.38. The summed E-state index contributed by atoms with van der Waals surface area (Å²) in [6.07, 6.45) is -0.789. The highest BCUT2D eigenvalue weighted by Gasteiger charge is 2.15. The second-order valence-electron chi connectivity index (χ2n) is 4.02. The van der Waals surface area contributed by atoms with Gasteiger partial charge >= 0.3 is 0 Å². The van der Waals surface area contributed by atoms with Crippen LogP contribution in [0, 0.1) is 6.92 Å². The Labute approximate surface area is 104 Å². The van der Waals surface area contributed by atoms with E-state index in [-0.39, 0.29) is 0 Å². The van der Waals surface area contributed by atoms with Crippen LogP contribution in [0.15, 0.2) is 30.3 Å². The molecule has 0 bridgehead atoms. The summed E-state index contributed by atoms with van der Waals surface area (Å²) in [4.78, 5) is 15.6. The molecule has 0 saturated carbocycles. The summed E-state index contributed by atoms with van der Waals surface area (Å²) in [7, 11) is 0. The van der Waals surface area contributed by atoms with Gasteiger partial charge in [-0.25, -0.2) is 10.5 Å². The molecule has 1 amide bonds. The largest absolute Gasteiger partial charge is 0.479 e. The Morgan fingerprint density at radius 3 is 2.89 bits per heavy atom. The summed E-state index contributed by atoms with van der Waals surface area (Å²) >= 11 is 0. The second-order valence-corrected chi connectivity index (χ2v) is 4.02. The van der Waals surface area contributed by atoms with Gasteiger partial charge in [0.05, 0.1) is 0 Å². The van der Waals surface area contributed by atoms with Crippen molar-refractivity contribution < 1.29 is 14.7 Å². The lowest BCUT2D eigenvalue weighted by atomic mass is 10.2. The molecule has 1 atom stereocenters. The van der Waals surface area contributed by atoms with Gasteiger partial charge in [-0.3, -0.25) is 10.0 Å². The van der Waals surface area contributed by atoms with Crippen molar-refractivity contribution in [3.05, 3.63) is 36.0 Å². The van der Waals surface area contributed by atoms with E-state index < -0.39 is 12.0 Å². The molecule has 0 fully saturated rings. The Bertz CT molecular complexity index is 583. The Kier molecular flexibility index (Phi) is 3.43. The molecular formula is C13H14N2O3. The molecule has 2 N–H and O–H groups in total.